The number of nitrogen functional groups attached to an aromatic ring is 1. The molecule has 1 aromatic heterocycles. The largest absolute Gasteiger partial charge is 0.384 e. The molecule has 0 radical (unpaired) electrons. The molecule has 4 aliphatic rings. The first-order valence-corrected chi connectivity index (χ1v) is 7.42. The minimum absolute atomic E-state index is 0.714. The Labute approximate surface area is 109 Å². The number of aryl methyl sites for hydroxylation is 2. The van der Waals surface area contributed by atoms with Gasteiger partial charge in [0.15, 0.2) is 0 Å². The molecule has 0 atom stereocenters. The van der Waals surface area contributed by atoms with Crippen molar-refractivity contribution in [2.45, 2.75) is 44.9 Å². The molecule has 0 aliphatic heterocycles. The van der Waals surface area contributed by atoms with E-state index < -0.39 is 0 Å². The summed E-state index contributed by atoms with van der Waals surface area (Å²) in [6.07, 6.45) is 7.31. The second-order valence-corrected chi connectivity index (χ2v) is 6.96. The summed E-state index contributed by atoms with van der Waals surface area (Å²) in [5.41, 5.74) is 8.85. The zero-order valence-electron chi connectivity index (χ0n) is 11.4. The third kappa shape index (κ3) is 1.33. The van der Waals surface area contributed by atoms with E-state index in [1.54, 1.807) is 0 Å². The molecule has 18 heavy (non-hydrogen) atoms. The molecule has 3 nitrogen and oxygen atoms in total. The van der Waals surface area contributed by atoms with Gasteiger partial charge in [-0.1, -0.05) is 0 Å². The first-order chi connectivity index (χ1) is 8.63. The van der Waals surface area contributed by atoms with Crippen LogP contribution in [0.4, 0.5) is 5.82 Å². The molecule has 0 saturated heterocycles. The molecule has 5 rings (SSSR count). The SMILES string of the molecule is Cc1nn(C)c(N)c1C1C2CC3CC(C2)CC1C3. The summed E-state index contributed by atoms with van der Waals surface area (Å²) in [4.78, 5) is 0. The maximum absolute atomic E-state index is 6.28. The number of anilines is 1. The average Bonchev–Trinajstić information content (AvgIpc) is 2.54. The molecule has 0 aromatic carbocycles. The Balaban J connectivity index is 1.76. The number of hydrogen-bond acceptors (Lipinski definition) is 2. The van der Waals surface area contributed by atoms with E-state index in [0.717, 1.165) is 29.5 Å². The molecule has 0 spiro atoms. The van der Waals surface area contributed by atoms with Crippen LogP contribution in [0.5, 0.6) is 0 Å². The van der Waals surface area contributed by atoms with Crippen molar-refractivity contribution < 1.29 is 0 Å². The van der Waals surface area contributed by atoms with Gasteiger partial charge in [-0.05, 0) is 68.6 Å². The summed E-state index contributed by atoms with van der Waals surface area (Å²) >= 11 is 0. The molecule has 4 fully saturated rings. The van der Waals surface area contributed by atoms with E-state index in [0.29, 0.717) is 5.92 Å². The highest BCUT2D eigenvalue weighted by molar-refractivity contribution is 5.47. The zero-order valence-corrected chi connectivity index (χ0v) is 11.4. The van der Waals surface area contributed by atoms with Crippen LogP contribution in [-0.2, 0) is 7.05 Å². The van der Waals surface area contributed by atoms with Crippen LogP contribution in [0.15, 0.2) is 0 Å². The van der Waals surface area contributed by atoms with E-state index in [1.807, 2.05) is 11.7 Å². The summed E-state index contributed by atoms with van der Waals surface area (Å²) in [7, 11) is 1.97. The lowest BCUT2D eigenvalue weighted by Crippen LogP contribution is -2.44. The van der Waals surface area contributed by atoms with Gasteiger partial charge in [0, 0.05) is 12.6 Å². The van der Waals surface area contributed by atoms with E-state index in [1.165, 1.54) is 43.4 Å². The standard InChI is InChI=1S/C15H23N3/c1-8-13(15(16)18(2)17-8)14-11-4-9-3-10(6-11)7-12(14)5-9/h9-12,14H,3-7,16H2,1-2H3. The van der Waals surface area contributed by atoms with Crippen LogP contribution >= 0.6 is 0 Å². The molecule has 98 valence electrons. The maximum atomic E-state index is 6.28. The van der Waals surface area contributed by atoms with Crippen molar-refractivity contribution in [3.63, 3.8) is 0 Å². The smallest absolute Gasteiger partial charge is 0.125 e. The van der Waals surface area contributed by atoms with Crippen LogP contribution in [0, 0.1) is 30.6 Å². The Morgan fingerprint density at radius 1 is 1.06 bits per heavy atom. The van der Waals surface area contributed by atoms with Crippen LogP contribution in [-0.4, -0.2) is 9.78 Å². The topological polar surface area (TPSA) is 43.8 Å². The summed E-state index contributed by atoms with van der Waals surface area (Å²) < 4.78 is 1.87. The van der Waals surface area contributed by atoms with Gasteiger partial charge in [-0.25, -0.2) is 0 Å². The number of nitrogens with two attached hydrogens (primary N) is 1. The third-order valence-electron chi connectivity index (χ3n) is 5.87. The van der Waals surface area contributed by atoms with Gasteiger partial charge in [-0.2, -0.15) is 5.10 Å². The maximum Gasteiger partial charge on any atom is 0.125 e. The highest BCUT2D eigenvalue weighted by Crippen LogP contribution is 2.60. The van der Waals surface area contributed by atoms with Gasteiger partial charge in [-0.15, -0.1) is 0 Å². The van der Waals surface area contributed by atoms with E-state index >= 15 is 0 Å². The molecule has 4 saturated carbocycles. The Morgan fingerprint density at radius 2 is 1.61 bits per heavy atom. The first-order valence-electron chi connectivity index (χ1n) is 7.42. The van der Waals surface area contributed by atoms with Crippen LogP contribution in [0.3, 0.4) is 0 Å². The van der Waals surface area contributed by atoms with Crippen LogP contribution in [0.2, 0.25) is 0 Å². The Kier molecular flexibility index (Phi) is 2.13. The Hall–Kier alpha value is -0.990. The van der Waals surface area contributed by atoms with Crippen molar-refractivity contribution in [1.29, 1.82) is 0 Å². The van der Waals surface area contributed by atoms with Crippen molar-refractivity contribution in [2.24, 2.45) is 30.7 Å². The number of nitrogens with zero attached hydrogens (tertiary/aromatic N) is 2. The lowest BCUT2D eigenvalue weighted by Gasteiger charge is -2.54. The quantitative estimate of drug-likeness (QED) is 0.826. The summed E-state index contributed by atoms with van der Waals surface area (Å²) in [6.45, 7) is 2.14. The fraction of sp³-hybridized carbons (Fsp3) is 0.800. The minimum atomic E-state index is 0.714. The molecular formula is C15H23N3. The van der Waals surface area contributed by atoms with Gasteiger partial charge in [0.2, 0.25) is 0 Å². The van der Waals surface area contributed by atoms with Crippen molar-refractivity contribution in [1.82, 2.24) is 9.78 Å². The normalized spacial score (nSPS) is 41.6. The van der Waals surface area contributed by atoms with Gasteiger partial charge in [0.05, 0.1) is 5.69 Å². The van der Waals surface area contributed by atoms with Crippen molar-refractivity contribution in [2.75, 3.05) is 5.73 Å². The molecule has 1 aromatic rings. The summed E-state index contributed by atoms with van der Waals surface area (Å²) in [5.74, 6) is 5.48. The molecular weight excluding hydrogens is 222 g/mol. The molecule has 3 heteroatoms. The van der Waals surface area contributed by atoms with Crippen molar-refractivity contribution >= 4 is 5.82 Å². The lowest BCUT2D eigenvalue weighted by molar-refractivity contribution is -0.00275. The average molecular weight is 245 g/mol. The second-order valence-electron chi connectivity index (χ2n) is 6.96. The molecule has 4 aliphatic carbocycles. The zero-order chi connectivity index (χ0) is 12.4. The molecule has 0 unspecified atom stereocenters. The van der Waals surface area contributed by atoms with E-state index in [2.05, 4.69) is 12.0 Å². The van der Waals surface area contributed by atoms with Gasteiger partial charge in [-0.3, -0.25) is 4.68 Å². The third-order valence-corrected chi connectivity index (χ3v) is 5.87. The van der Waals surface area contributed by atoms with Crippen molar-refractivity contribution in [3.05, 3.63) is 11.3 Å². The Morgan fingerprint density at radius 3 is 2.06 bits per heavy atom. The van der Waals surface area contributed by atoms with Crippen molar-refractivity contribution in [3.8, 4) is 0 Å². The molecule has 0 amide bonds. The highest BCUT2D eigenvalue weighted by Gasteiger charge is 2.49. The molecule has 1 heterocycles. The van der Waals surface area contributed by atoms with Gasteiger partial charge in [0.25, 0.3) is 0 Å². The predicted molar refractivity (Wildman–Crippen MR) is 72.1 cm³/mol. The monoisotopic (exact) mass is 245 g/mol. The minimum Gasteiger partial charge on any atom is -0.384 e. The Bertz CT molecular complexity index is 460. The fourth-order valence-corrected chi connectivity index (χ4v) is 5.50. The van der Waals surface area contributed by atoms with E-state index in [-0.39, 0.29) is 0 Å². The fourth-order valence-electron chi connectivity index (χ4n) is 5.50. The predicted octanol–water partition coefficient (Wildman–Crippen LogP) is 2.85. The number of rotatable bonds is 1. The lowest BCUT2D eigenvalue weighted by atomic mass is 9.50. The van der Waals surface area contributed by atoms with Gasteiger partial charge >= 0.3 is 0 Å². The number of hydrogen-bond donors (Lipinski definition) is 1. The number of aromatic nitrogens is 2. The van der Waals surface area contributed by atoms with E-state index in [4.69, 9.17) is 5.73 Å². The summed E-state index contributed by atoms with van der Waals surface area (Å²) in [6, 6.07) is 0. The van der Waals surface area contributed by atoms with Crippen LogP contribution in [0.25, 0.3) is 0 Å². The highest BCUT2D eigenvalue weighted by atomic mass is 15.3. The van der Waals surface area contributed by atoms with E-state index in [9.17, 15) is 0 Å². The van der Waals surface area contributed by atoms with Gasteiger partial charge in [0.1, 0.15) is 5.82 Å². The first kappa shape index (κ1) is 10.9. The van der Waals surface area contributed by atoms with Gasteiger partial charge < -0.3 is 5.73 Å². The molecule has 2 N–H and O–H groups in total. The van der Waals surface area contributed by atoms with Crippen LogP contribution < -0.4 is 5.73 Å². The summed E-state index contributed by atoms with van der Waals surface area (Å²) in [5, 5.41) is 4.53. The molecule has 4 bridgehead atoms. The van der Waals surface area contributed by atoms with Crippen LogP contribution in [0.1, 0.15) is 49.3 Å². The second kappa shape index (κ2) is 3.52.